The minimum atomic E-state index is 0. The topological polar surface area (TPSA) is 51.0 Å². The first kappa shape index (κ1) is 18.3. The highest BCUT2D eigenvalue weighted by atomic mass is 35.5. The van der Waals surface area contributed by atoms with Gasteiger partial charge in [-0.2, -0.15) is 4.98 Å². The summed E-state index contributed by atoms with van der Waals surface area (Å²) in [4.78, 5) is 8.56. The smallest absolute Gasteiger partial charge is 0.295 e. The van der Waals surface area contributed by atoms with Crippen LogP contribution in [0.15, 0.2) is 47.1 Å². The summed E-state index contributed by atoms with van der Waals surface area (Å²) >= 11 is 0. The average Bonchev–Trinajstić information content (AvgIpc) is 2.88. The number of rotatable bonds is 5. The van der Waals surface area contributed by atoms with Crippen molar-refractivity contribution in [3.8, 4) is 0 Å². The summed E-state index contributed by atoms with van der Waals surface area (Å²) in [5, 5.41) is 3.09. The van der Waals surface area contributed by atoms with Gasteiger partial charge in [0, 0.05) is 18.9 Å². The van der Waals surface area contributed by atoms with Crippen molar-refractivity contribution in [2.75, 3.05) is 11.9 Å². The number of fused-ring (bicyclic) bond motifs is 1. The molecule has 0 saturated heterocycles. The van der Waals surface area contributed by atoms with Crippen LogP contribution in [0.1, 0.15) is 18.1 Å². The van der Waals surface area contributed by atoms with Crippen LogP contribution in [0.5, 0.6) is 0 Å². The predicted molar refractivity (Wildman–Crippen MR) is 94.3 cm³/mol. The van der Waals surface area contributed by atoms with Crippen LogP contribution >= 0.6 is 24.8 Å². The van der Waals surface area contributed by atoms with Gasteiger partial charge in [0.05, 0.1) is 0 Å². The first-order valence-corrected chi connectivity index (χ1v) is 6.87. The summed E-state index contributed by atoms with van der Waals surface area (Å²) < 4.78 is 5.59. The van der Waals surface area contributed by atoms with Crippen LogP contribution in [0.2, 0.25) is 0 Å². The molecule has 0 radical (unpaired) electrons. The predicted octanol–water partition coefficient (Wildman–Crippen LogP) is 4.28. The number of anilines is 1. The van der Waals surface area contributed by atoms with Gasteiger partial charge in [-0.1, -0.05) is 12.1 Å². The molecule has 1 aromatic carbocycles. The molecule has 0 spiro atoms. The van der Waals surface area contributed by atoms with Crippen molar-refractivity contribution in [3.05, 3.63) is 53.9 Å². The molecule has 0 unspecified atom stereocenters. The zero-order valence-corrected chi connectivity index (χ0v) is 13.9. The number of oxazole rings is 1. The number of nitrogens with one attached hydrogen (secondary N) is 1. The standard InChI is InChI=1S/C16H17N3O.2ClH/c1-2-18-16-19-14-10-12(7-8-15(14)20-16)5-6-13-4-3-9-17-11-13;;/h3-4,7-11H,2,5-6H2,1H3,(H,18,19);2*1H. The largest absolute Gasteiger partial charge is 0.424 e. The Morgan fingerprint density at radius 2 is 1.91 bits per heavy atom. The van der Waals surface area contributed by atoms with E-state index in [1.54, 1.807) is 6.20 Å². The lowest BCUT2D eigenvalue weighted by Crippen LogP contribution is -1.95. The molecule has 0 aliphatic rings. The fourth-order valence-corrected chi connectivity index (χ4v) is 2.19. The molecule has 1 N–H and O–H groups in total. The Balaban J connectivity index is 0.00000121. The van der Waals surface area contributed by atoms with Gasteiger partial charge in [0.25, 0.3) is 6.01 Å². The number of hydrogen-bond acceptors (Lipinski definition) is 4. The molecule has 0 aliphatic carbocycles. The highest BCUT2D eigenvalue weighted by molar-refractivity contribution is 5.85. The highest BCUT2D eigenvalue weighted by Crippen LogP contribution is 2.20. The quantitative estimate of drug-likeness (QED) is 0.753. The minimum Gasteiger partial charge on any atom is -0.424 e. The average molecular weight is 340 g/mol. The summed E-state index contributed by atoms with van der Waals surface area (Å²) in [5.74, 6) is 0. The molecule has 0 atom stereocenters. The van der Waals surface area contributed by atoms with E-state index in [-0.39, 0.29) is 24.8 Å². The second-order valence-corrected chi connectivity index (χ2v) is 4.71. The monoisotopic (exact) mass is 339 g/mol. The van der Waals surface area contributed by atoms with Gasteiger partial charge in [0.15, 0.2) is 5.58 Å². The molecular weight excluding hydrogens is 321 g/mol. The molecule has 4 nitrogen and oxygen atoms in total. The van der Waals surface area contributed by atoms with Crippen LogP contribution in [0.25, 0.3) is 11.1 Å². The van der Waals surface area contributed by atoms with Crippen LogP contribution in [-0.4, -0.2) is 16.5 Å². The number of nitrogens with zero attached hydrogens (tertiary/aromatic N) is 2. The zero-order valence-electron chi connectivity index (χ0n) is 12.3. The minimum absolute atomic E-state index is 0. The SMILES string of the molecule is CCNc1nc2cc(CCc3cccnc3)ccc2o1.Cl.Cl. The second kappa shape index (κ2) is 8.61. The Bertz CT molecular complexity index is 701. The Morgan fingerprint density at radius 3 is 2.64 bits per heavy atom. The van der Waals surface area contributed by atoms with Crippen LogP contribution in [0.3, 0.4) is 0 Å². The lowest BCUT2D eigenvalue weighted by molar-refractivity contribution is 0.616. The summed E-state index contributed by atoms with van der Waals surface area (Å²) in [6, 6.07) is 10.8. The molecule has 3 aromatic rings. The molecule has 118 valence electrons. The van der Waals surface area contributed by atoms with Crippen LogP contribution in [0, 0.1) is 0 Å². The summed E-state index contributed by atoms with van der Waals surface area (Å²) in [5.41, 5.74) is 4.24. The van der Waals surface area contributed by atoms with Crippen molar-refractivity contribution in [2.45, 2.75) is 19.8 Å². The van der Waals surface area contributed by atoms with E-state index in [9.17, 15) is 0 Å². The number of hydrogen-bond donors (Lipinski definition) is 1. The van der Waals surface area contributed by atoms with Crippen LogP contribution in [0.4, 0.5) is 6.01 Å². The molecule has 0 aliphatic heterocycles. The van der Waals surface area contributed by atoms with Crippen molar-refractivity contribution in [2.24, 2.45) is 0 Å². The van der Waals surface area contributed by atoms with E-state index in [0.29, 0.717) is 6.01 Å². The van der Waals surface area contributed by atoms with E-state index in [4.69, 9.17) is 4.42 Å². The number of halogens is 2. The number of benzene rings is 1. The first-order chi connectivity index (χ1) is 9.85. The molecule has 0 saturated carbocycles. The molecule has 6 heteroatoms. The summed E-state index contributed by atoms with van der Waals surface area (Å²) in [6.45, 7) is 2.83. The van der Waals surface area contributed by atoms with Gasteiger partial charge in [0.1, 0.15) is 5.52 Å². The van der Waals surface area contributed by atoms with Crippen molar-refractivity contribution in [1.29, 1.82) is 0 Å². The van der Waals surface area contributed by atoms with Gasteiger partial charge in [-0.15, -0.1) is 24.8 Å². The third-order valence-electron chi connectivity index (χ3n) is 3.21. The number of aryl methyl sites for hydroxylation is 2. The Kier molecular flexibility index (Phi) is 7.15. The number of pyridine rings is 1. The maximum absolute atomic E-state index is 5.59. The third-order valence-corrected chi connectivity index (χ3v) is 3.21. The fourth-order valence-electron chi connectivity index (χ4n) is 2.19. The summed E-state index contributed by atoms with van der Waals surface area (Å²) in [6.07, 6.45) is 5.67. The van der Waals surface area contributed by atoms with Gasteiger partial charge in [0.2, 0.25) is 0 Å². The normalized spacial score (nSPS) is 9.86. The van der Waals surface area contributed by atoms with Crippen molar-refractivity contribution in [1.82, 2.24) is 9.97 Å². The molecule has 0 bridgehead atoms. The van der Waals surface area contributed by atoms with E-state index in [1.807, 2.05) is 25.3 Å². The lowest BCUT2D eigenvalue weighted by Gasteiger charge is -2.01. The Morgan fingerprint density at radius 1 is 1.09 bits per heavy atom. The summed E-state index contributed by atoms with van der Waals surface area (Å²) in [7, 11) is 0. The second-order valence-electron chi connectivity index (χ2n) is 4.71. The van der Waals surface area contributed by atoms with E-state index >= 15 is 0 Å². The van der Waals surface area contributed by atoms with E-state index in [0.717, 1.165) is 30.5 Å². The van der Waals surface area contributed by atoms with Gasteiger partial charge in [-0.3, -0.25) is 4.98 Å². The molecule has 2 heterocycles. The first-order valence-electron chi connectivity index (χ1n) is 6.87. The van der Waals surface area contributed by atoms with E-state index in [2.05, 4.69) is 33.5 Å². The van der Waals surface area contributed by atoms with E-state index in [1.165, 1.54) is 11.1 Å². The van der Waals surface area contributed by atoms with Gasteiger partial charge in [-0.25, -0.2) is 0 Å². The molecule has 22 heavy (non-hydrogen) atoms. The maximum atomic E-state index is 5.59. The molecule has 3 rings (SSSR count). The Labute approximate surface area is 142 Å². The number of aromatic nitrogens is 2. The van der Waals surface area contributed by atoms with Gasteiger partial charge >= 0.3 is 0 Å². The van der Waals surface area contributed by atoms with Crippen molar-refractivity contribution >= 4 is 41.9 Å². The van der Waals surface area contributed by atoms with Gasteiger partial charge in [-0.05, 0) is 49.1 Å². The van der Waals surface area contributed by atoms with Crippen molar-refractivity contribution in [3.63, 3.8) is 0 Å². The molecular formula is C16H19Cl2N3O. The van der Waals surface area contributed by atoms with Crippen LogP contribution < -0.4 is 5.32 Å². The molecule has 2 aromatic heterocycles. The lowest BCUT2D eigenvalue weighted by atomic mass is 10.1. The third kappa shape index (κ3) is 4.36. The van der Waals surface area contributed by atoms with Crippen LogP contribution in [-0.2, 0) is 12.8 Å². The van der Waals surface area contributed by atoms with Crippen molar-refractivity contribution < 1.29 is 4.42 Å². The Hall–Kier alpha value is -1.78. The zero-order chi connectivity index (χ0) is 13.8. The van der Waals surface area contributed by atoms with Gasteiger partial charge < -0.3 is 9.73 Å². The highest BCUT2D eigenvalue weighted by Gasteiger charge is 2.05. The maximum Gasteiger partial charge on any atom is 0.295 e. The fraction of sp³-hybridized carbons (Fsp3) is 0.250. The molecule has 0 fully saturated rings. The molecule has 0 amide bonds. The van der Waals surface area contributed by atoms with E-state index < -0.39 is 0 Å².